The number of unbranched alkanes of at least 4 members (excludes halogenated alkanes) is 1. The summed E-state index contributed by atoms with van der Waals surface area (Å²) in [6.45, 7) is 12.1. The molecule has 5 heterocycles. The number of Topliss-reactive ketones (excluding diaryl/α,β-unsaturated/α-hetero) is 2. The third kappa shape index (κ3) is 14.0. The van der Waals surface area contributed by atoms with Crippen LogP contribution in [0.25, 0.3) is 11.3 Å². The van der Waals surface area contributed by atoms with E-state index in [2.05, 4.69) is 15.3 Å². The number of cyclic esters (lactones) is 1. The van der Waals surface area contributed by atoms with Crippen molar-refractivity contribution in [1.29, 1.82) is 0 Å². The molecule has 3 aromatic rings. The van der Waals surface area contributed by atoms with E-state index in [0.29, 0.717) is 24.9 Å². The van der Waals surface area contributed by atoms with Crippen LogP contribution in [0.1, 0.15) is 99.5 Å². The fourth-order valence-electron chi connectivity index (χ4n) is 11.4. The van der Waals surface area contributed by atoms with Crippen LogP contribution >= 0.6 is 0 Å². The van der Waals surface area contributed by atoms with Gasteiger partial charge in [-0.05, 0) is 103 Å². The number of aliphatic hydroxyl groups excluding tert-OH is 1. The van der Waals surface area contributed by atoms with Crippen LogP contribution in [0.5, 0.6) is 0 Å². The molecule has 3 aliphatic heterocycles. The highest BCUT2D eigenvalue weighted by Gasteiger charge is 2.62. The molecule has 77 heavy (non-hydrogen) atoms. The predicted octanol–water partition coefficient (Wildman–Crippen LogP) is 5.88. The SMILES string of the molecule is CC[C@H]1OC(=O)C(C)(F)C(=O)[C@H](C)[C@@H](O[C@@H]2O[C@H](C)C[C@H](N(C)CCC(=O)N[C@H](CF)Cc3ccc(S(C)(=O)=O)cc3)[C@H]2O)C(C)(OC)C[C@@H](C)C(=O)[C@H](C)C2N(CCCCn3cnc(-c4cccnc4)c3)C(=O)OC21C. The zero-order chi connectivity index (χ0) is 56.8. The standard InChI is InChI=1S/C55H78F2N6O13S/c1-12-43-55(8)47(63(52(69)76-55)24-14-13-23-62-31-41(59-32-62)38-16-15-22-58-30-38)35(4)45(65)33(2)28-53(6,72-10)49(36(5)48(67)54(7,57)51(68)74-43)75-50-46(66)42(26-34(3)73-50)61(9)25-21-44(64)60-39(29-56)27-37-17-19-40(20-18-37)77(11,70)71/h15-20,22,30-36,39,42-43,46-47,49-50,66H,12-14,21,23-29H2,1-11H3,(H,60,64)/t33-,34-,35+,36+,39+,42+,43-,46-,47?,49-,50+,53?,54?,55?/m1/s1. The van der Waals surface area contributed by atoms with Crippen LogP contribution in [0.4, 0.5) is 13.6 Å². The van der Waals surface area contributed by atoms with E-state index in [4.69, 9.17) is 23.7 Å². The van der Waals surface area contributed by atoms with Gasteiger partial charge in [0.25, 0.3) is 5.67 Å². The summed E-state index contributed by atoms with van der Waals surface area (Å²) < 4.78 is 88.0. The number of halogens is 2. The molecule has 4 unspecified atom stereocenters. The van der Waals surface area contributed by atoms with Gasteiger partial charge >= 0.3 is 12.1 Å². The first-order valence-electron chi connectivity index (χ1n) is 26.5. The highest BCUT2D eigenvalue weighted by Crippen LogP contribution is 2.44. The second kappa shape index (κ2) is 25.2. The van der Waals surface area contributed by atoms with Gasteiger partial charge in [0, 0.05) is 87.4 Å². The minimum absolute atomic E-state index is 0.0302. The molecule has 0 spiro atoms. The van der Waals surface area contributed by atoms with Gasteiger partial charge in [-0.2, -0.15) is 0 Å². The van der Waals surface area contributed by atoms with Crippen molar-refractivity contribution in [3.63, 3.8) is 0 Å². The van der Waals surface area contributed by atoms with Gasteiger partial charge < -0.3 is 48.5 Å². The van der Waals surface area contributed by atoms with Crippen molar-refractivity contribution in [3.05, 3.63) is 66.9 Å². The molecule has 2 N–H and O–H groups in total. The van der Waals surface area contributed by atoms with Crippen molar-refractivity contribution in [2.75, 3.05) is 40.2 Å². The molecule has 14 atom stereocenters. The number of imidazole rings is 1. The molecule has 0 radical (unpaired) electrons. The zero-order valence-corrected chi connectivity index (χ0v) is 47.0. The van der Waals surface area contributed by atoms with E-state index < -0.39 is 124 Å². The van der Waals surface area contributed by atoms with E-state index in [1.807, 2.05) is 22.9 Å². The Morgan fingerprint density at radius 3 is 2.35 bits per heavy atom. The van der Waals surface area contributed by atoms with E-state index in [1.165, 1.54) is 31.1 Å². The number of aromatic nitrogens is 3. The number of fused-ring (bicyclic) bond motifs is 1. The van der Waals surface area contributed by atoms with Crippen LogP contribution in [0.15, 0.2) is 66.2 Å². The Morgan fingerprint density at radius 1 is 1.04 bits per heavy atom. The fraction of sp³-hybridized carbons (Fsp3) is 0.655. The first-order chi connectivity index (χ1) is 36.2. The number of rotatable bonds is 19. The van der Waals surface area contributed by atoms with Gasteiger partial charge in [0.15, 0.2) is 27.5 Å². The lowest BCUT2D eigenvalue weighted by atomic mass is 9.73. The molecule has 3 fully saturated rings. The maximum Gasteiger partial charge on any atom is 0.410 e. The summed E-state index contributed by atoms with van der Waals surface area (Å²) in [5.74, 6) is -6.80. The van der Waals surface area contributed by atoms with Crippen molar-refractivity contribution >= 4 is 39.4 Å². The lowest BCUT2D eigenvalue weighted by Crippen LogP contribution is -2.62. The average molecular weight is 1100 g/mol. The predicted molar refractivity (Wildman–Crippen MR) is 279 cm³/mol. The van der Waals surface area contributed by atoms with Crippen LogP contribution < -0.4 is 5.32 Å². The van der Waals surface area contributed by atoms with Gasteiger partial charge in [0.05, 0.1) is 46.8 Å². The molecule has 2 aromatic heterocycles. The van der Waals surface area contributed by atoms with Gasteiger partial charge in [-0.25, -0.2) is 31.8 Å². The first kappa shape index (κ1) is 61.0. The molecule has 1 aromatic carbocycles. The van der Waals surface area contributed by atoms with Gasteiger partial charge in [0.1, 0.15) is 24.7 Å². The number of aryl methyl sites for hydroxylation is 1. The number of alkyl halides is 2. The Labute approximate surface area is 451 Å². The highest BCUT2D eigenvalue weighted by molar-refractivity contribution is 7.90. The number of aliphatic hydroxyl groups is 1. The van der Waals surface area contributed by atoms with Crippen LogP contribution in [-0.2, 0) is 65.7 Å². The number of nitrogens with one attached hydrogen (secondary N) is 1. The number of nitrogens with zero attached hydrogens (tertiary/aromatic N) is 5. The Balaban J connectivity index is 1.20. The molecule has 2 amide bonds. The number of carbonyl (C=O) groups excluding carboxylic acids is 5. The molecular formula is C55H78F2N6O13S. The number of hydrogen-bond acceptors (Lipinski definition) is 16. The number of hydrogen-bond donors (Lipinski definition) is 2. The topological polar surface area (TPSA) is 235 Å². The minimum Gasteiger partial charge on any atom is -0.455 e. The number of amides is 2. The largest absolute Gasteiger partial charge is 0.455 e. The quantitative estimate of drug-likeness (QED) is 0.0810. The van der Waals surface area contributed by atoms with Gasteiger partial charge in [-0.15, -0.1) is 0 Å². The molecule has 19 nitrogen and oxygen atoms in total. The van der Waals surface area contributed by atoms with Crippen molar-refractivity contribution in [1.82, 2.24) is 29.7 Å². The van der Waals surface area contributed by atoms with Gasteiger partial charge in [0.2, 0.25) is 5.91 Å². The van der Waals surface area contributed by atoms with Gasteiger partial charge in [-0.3, -0.25) is 19.4 Å². The smallest absolute Gasteiger partial charge is 0.410 e. The Morgan fingerprint density at radius 2 is 1.73 bits per heavy atom. The maximum atomic E-state index is 17.2. The number of pyridine rings is 1. The van der Waals surface area contributed by atoms with E-state index in [0.717, 1.165) is 24.4 Å². The molecule has 0 saturated carbocycles. The monoisotopic (exact) mass is 1100 g/mol. The third-order valence-corrected chi connectivity index (χ3v) is 16.9. The van der Waals surface area contributed by atoms with E-state index in [1.54, 1.807) is 84.3 Å². The molecule has 0 bridgehead atoms. The van der Waals surface area contributed by atoms with Crippen LogP contribution in [0.3, 0.4) is 0 Å². The van der Waals surface area contributed by atoms with Crippen molar-refractivity contribution in [2.24, 2.45) is 17.8 Å². The first-order valence-corrected chi connectivity index (χ1v) is 28.4. The summed E-state index contributed by atoms with van der Waals surface area (Å²) in [7, 11) is -0.388. The second-order valence-electron chi connectivity index (χ2n) is 21.8. The lowest BCUT2D eigenvalue weighted by molar-refractivity contribution is -0.296. The average Bonchev–Trinajstić information content (AvgIpc) is 3.98. The maximum absolute atomic E-state index is 17.2. The second-order valence-corrected chi connectivity index (χ2v) is 23.9. The molecule has 426 valence electrons. The summed E-state index contributed by atoms with van der Waals surface area (Å²) in [5.41, 5.74) is -4.28. The lowest BCUT2D eigenvalue weighted by Gasteiger charge is -2.47. The Bertz CT molecular complexity index is 2650. The zero-order valence-electron chi connectivity index (χ0n) is 46.1. The molecule has 3 saturated heterocycles. The summed E-state index contributed by atoms with van der Waals surface area (Å²) in [6.07, 6.45) is 2.48. The molecule has 3 aliphatic rings. The van der Waals surface area contributed by atoms with Crippen LogP contribution in [0, 0.1) is 17.8 Å². The Kier molecular flexibility index (Phi) is 20.0. The van der Waals surface area contributed by atoms with Crippen LogP contribution in [0.2, 0.25) is 0 Å². The normalized spacial score (nSPS) is 32.1. The number of carbonyl (C=O) groups is 5. The molecule has 0 aliphatic carbocycles. The number of methoxy groups -OCH3 is 1. The van der Waals surface area contributed by atoms with E-state index in [9.17, 15) is 41.9 Å². The van der Waals surface area contributed by atoms with Crippen molar-refractivity contribution in [2.45, 2.75) is 177 Å². The number of benzene rings is 1. The van der Waals surface area contributed by atoms with Crippen molar-refractivity contribution in [3.8, 4) is 11.3 Å². The highest BCUT2D eigenvalue weighted by atomic mass is 32.2. The number of ether oxygens (including phenoxy) is 5. The molecule has 6 rings (SSSR count). The summed E-state index contributed by atoms with van der Waals surface area (Å²) in [5, 5.41) is 14.7. The molecular weight excluding hydrogens is 1020 g/mol. The van der Waals surface area contributed by atoms with E-state index in [-0.39, 0.29) is 55.9 Å². The van der Waals surface area contributed by atoms with Crippen LogP contribution in [-0.4, -0.2) is 173 Å². The van der Waals surface area contributed by atoms with E-state index >= 15 is 4.39 Å². The number of likely N-dealkylation sites (N-methyl/N-ethyl adjacent to an activating group) is 1. The number of ketones is 2. The fourth-order valence-corrected chi connectivity index (χ4v) is 12.0. The summed E-state index contributed by atoms with van der Waals surface area (Å²) >= 11 is 0. The van der Waals surface area contributed by atoms with Gasteiger partial charge in [-0.1, -0.05) is 39.8 Å². The number of esters is 1. The molecule has 22 heteroatoms. The summed E-state index contributed by atoms with van der Waals surface area (Å²) in [6, 6.07) is 7.15. The summed E-state index contributed by atoms with van der Waals surface area (Å²) in [4.78, 5) is 82.8. The minimum atomic E-state index is -3.43. The number of sulfone groups is 1. The third-order valence-electron chi connectivity index (χ3n) is 15.8. The Hall–Kier alpha value is -5.26. The van der Waals surface area contributed by atoms with Crippen molar-refractivity contribution < 1.29 is 70.0 Å².